The number of hydrazine groups is 1. The number of amides is 3. The Kier molecular flexibility index (Phi) is 5.72. The SMILES string of the molecule is CC1(C(=O)NNC=O)C(=O)Nc2nc(-c3nn(CCC(F)(F)C(F)(F)F)c4ncccc34)nc(N)c21. The van der Waals surface area contributed by atoms with Crippen molar-refractivity contribution in [1.82, 2.24) is 35.6 Å². The maximum Gasteiger partial charge on any atom is 0.453 e. The van der Waals surface area contributed by atoms with E-state index in [-0.39, 0.29) is 46.2 Å². The summed E-state index contributed by atoms with van der Waals surface area (Å²) in [4.78, 5) is 47.9. The molecule has 0 radical (unpaired) electrons. The Morgan fingerprint density at radius 3 is 2.67 bits per heavy atom. The molecule has 0 spiro atoms. The predicted molar refractivity (Wildman–Crippen MR) is 112 cm³/mol. The topological polar surface area (TPSA) is 170 Å². The minimum Gasteiger partial charge on any atom is -0.383 e. The van der Waals surface area contributed by atoms with Crippen LogP contribution in [0.5, 0.6) is 0 Å². The van der Waals surface area contributed by atoms with Gasteiger partial charge in [0, 0.05) is 19.2 Å². The Hall–Kier alpha value is -4.44. The molecule has 0 aliphatic carbocycles. The third-order valence-corrected chi connectivity index (χ3v) is 5.59. The van der Waals surface area contributed by atoms with E-state index in [0.29, 0.717) is 0 Å². The van der Waals surface area contributed by atoms with Gasteiger partial charge in [0.2, 0.25) is 12.3 Å². The van der Waals surface area contributed by atoms with Gasteiger partial charge in [0.05, 0.1) is 10.9 Å². The van der Waals surface area contributed by atoms with Crippen LogP contribution in [0.1, 0.15) is 18.9 Å². The highest BCUT2D eigenvalue weighted by molar-refractivity contribution is 6.20. The molecule has 0 fully saturated rings. The van der Waals surface area contributed by atoms with E-state index in [4.69, 9.17) is 5.73 Å². The van der Waals surface area contributed by atoms with Gasteiger partial charge in [-0.15, -0.1) is 0 Å². The Bertz CT molecular complexity index is 1390. The molecule has 3 aromatic rings. The summed E-state index contributed by atoms with van der Waals surface area (Å²) in [5.41, 5.74) is 7.92. The van der Waals surface area contributed by atoms with Crippen LogP contribution in [0.3, 0.4) is 0 Å². The van der Waals surface area contributed by atoms with Gasteiger partial charge < -0.3 is 11.1 Å². The maximum atomic E-state index is 13.5. The number of carbonyl (C=O) groups excluding carboxylic acids is 3. The summed E-state index contributed by atoms with van der Waals surface area (Å²) in [6.45, 7) is 0.392. The highest BCUT2D eigenvalue weighted by Crippen LogP contribution is 2.42. The number of rotatable bonds is 7. The smallest absolute Gasteiger partial charge is 0.383 e. The Labute approximate surface area is 197 Å². The van der Waals surface area contributed by atoms with E-state index >= 15 is 0 Å². The fourth-order valence-electron chi connectivity index (χ4n) is 3.67. The summed E-state index contributed by atoms with van der Waals surface area (Å²) in [7, 11) is 0. The van der Waals surface area contributed by atoms with Gasteiger partial charge in [0.15, 0.2) is 16.9 Å². The van der Waals surface area contributed by atoms with Gasteiger partial charge in [-0.1, -0.05) is 0 Å². The van der Waals surface area contributed by atoms with Crippen molar-refractivity contribution in [2.75, 3.05) is 11.1 Å². The number of pyridine rings is 1. The number of nitrogens with one attached hydrogen (secondary N) is 3. The fourth-order valence-corrected chi connectivity index (χ4v) is 3.67. The molecule has 1 atom stereocenters. The zero-order valence-corrected chi connectivity index (χ0v) is 18.2. The second-order valence-corrected chi connectivity index (χ2v) is 7.85. The molecular weight excluding hydrogens is 497 g/mol. The van der Waals surface area contributed by atoms with Crippen LogP contribution in [0.15, 0.2) is 18.3 Å². The number of aryl methyl sites for hydroxylation is 1. The van der Waals surface area contributed by atoms with Crippen molar-refractivity contribution in [1.29, 1.82) is 0 Å². The van der Waals surface area contributed by atoms with E-state index in [0.717, 1.165) is 4.68 Å². The summed E-state index contributed by atoms with van der Waals surface area (Å²) < 4.78 is 65.6. The molecule has 5 N–H and O–H groups in total. The van der Waals surface area contributed by atoms with E-state index in [1.807, 2.05) is 10.9 Å². The minimum absolute atomic E-state index is 0.0127. The van der Waals surface area contributed by atoms with Crippen LogP contribution in [0.2, 0.25) is 0 Å². The first kappa shape index (κ1) is 24.7. The Morgan fingerprint density at radius 2 is 2.00 bits per heavy atom. The van der Waals surface area contributed by atoms with Crippen molar-refractivity contribution in [3.63, 3.8) is 0 Å². The van der Waals surface area contributed by atoms with E-state index in [1.165, 1.54) is 25.3 Å². The molecule has 0 saturated heterocycles. The zero-order chi connectivity index (χ0) is 26.5. The highest BCUT2D eigenvalue weighted by Gasteiger charge is 2.57. The molecule has 12 nitrogen and oxygen atoms in total. The molecule has 36 heavy (non-hydrogen) atoms. The predicted octanol–water partition coefficient (Wildman–Crippen LogP) is 1.05. The highest BCUT2D eigenvalue weighted by atomic mass is 19.4. The number of hydrogen-bond donors (Lipinski definition) is 4. The van der Waals surface area contributed by atoms with E-state index in [9.17, 15) is 36.3 Å². The molecule has 4 heterocycles. The van der Waals surface area contributed by atoms with Gasteiger partial charge in [0.1, 0.15) is 17.3 Å². The summed E-state index contributed by atoms with van der Waals surface area (Å²) in [5, 5.41) is 6.68. The second-order valence-electron chi connectivity index (χ2n) is 7.85. The molecule has 1 aliphatic rings. The third kappa shape index (κ3) is 3.81. The van der Waals surface area contributed by atoms with Gasteiger partial charge in [-0.2, -0.15) is 27.1 Å². The third-order valence-electron chi connectivity index (χ3n) is 5.59. The summed E-state index contributed by atoms with van der Waals surface area (Å²) in [6.07, 6.45) is -5.85. The molecule has 0 aromatic carbocycles. The average Bonchev–Trinajstić information content (AvgIpc) is 3.31. The van der Waals surface area contributed by atoms with E-state index in [1.54, 1.807) is 0 Å². The van der Waals surface area contributed by atoms with Crippen LogP contribution in [0.25, 0.3) is 22.6 Å². The van der Waals surface area contributed by atoms with Gasteiger partial charge >= 0.3 is 12.1 Å². The molecule has 4 rings (SSSR count). The summed E-state index contributed by atoms with van der Waals surface area (Å²) in [6, 6.07) is 2.94. The van der Waals surface area contributed by atoms with E-state index < -0.39 is 42.3 Å². The van der Waals surface area contributed by atoms with Crippen molar-refractivity contribution in [3.05, 3.63) is 23.9 Å². The first-order chi connectivity index (χ1) is 16.8. The number of halogens is 5. The molecule has 0 saturated carbocycles. The van der Waals surface area contributed by atoms with Crippen LogP contribution >= 0.6 is 0 Å². The number of nitrogens with zero attached hydrogens (tertiary/aromatic N) is 5. The number of aromatic nitrogens is 5. The fraction of sp³-hybridized carbons (Fsp3) is 0.316. The lowest BCUT2D eigenvalue weighted by Gasteiger charge is -2.21. The van der Waals surface area contributed by atoms with Crippen molar-refractivity contribution < 1.29 is 36.3 Å². The number of nitrogen functional groups attached to an aromatic ring is 1. The molecule has 3 aromatic heterocycles. The van der Waals surface area contributed by atoms with Crippen LogP contribution in [0.4, 0.5) is 33.6 Å². The van der Waals surface area contributed by atoms with E-state index in [2.05, 4.69) is 25.4 Å². The Morgan fingerprint density at radius 1 is 1.28 bits per heavy atom. The molecule has 0 bridgehead atoms. The summed E-state index contributed by atoms with van der Waals surface area (Å²) >= 11 is 0. The molecule has 17 heteroatoms. The first-order valence-corrected chi connectivity index (χ1v) is 10.1. The minimum atomic E-state index is -5.73. The largest absolute Gasteiger partial charge is 0.453 e. The normalized spacial score (nSPS) is 17.6. The number of alkyl halides is 5. The van der Waals surface area contributed by atoms with Crippen molar-refractivity contribution in [3.8, 4) is 11.5 Å². The zero-order valence-electron chi connectivity index (χ0n) is 18.2. The van der Waals surface area contributed by atoms with Crippen LogP contribution in [0, 0.1) is 0 Å². The monoisotopic (exact) mass is 513 g/mol. The standard InChI is InChI=1S/C19H16F5N9O3/c1-17(16(36)31-27-7-34)9-11(25)28-13(29-12(9)30-15(17)35)10-8-3-2-5-26-14(8)33(32-10)6-4-18(20,21)19(22,23)24/h2-3,5,7H,4,6H2,1H3,(H,27,34)(H,31,36)(H3,25,28,29,30,35). The van der Waals surface area contributed by atoms with Crippen LogP contribution in [-0.4, -0.2) is 55.1 Å². The first-order valence-electron chi connectivity index (χ1n) is 10.1. The number of nitrogens with two attached hydrogens (primary N) is 1. The number of carbonyl (C=O) groups is 3. The van der Waals surface area contributed by atoms with Crippen molar-refractivity contribution in [2.24, 2.45) is 0 Å². The number of anilines is 2. The maximum absolute atomic E-state index is 13.5. The molecule has 1 aliphatic heterocycles. The molecule has 1 unspecified atom stereocenters. The average molecular weight is 513 g/mol. The van der Waals surface area contributed by atoms with Gasteiger partial charge in [-0.25, -0.2) is 19.6 Å². The van der Waals surface area contributed by atoms with Crippen molar-refractivity contribution in [2.45, 2.75) is 37.4 Å². The molecule has 3 amide bonds. The summed E-state index contributed by atoms with van der Waals surface area (Å²) in [5.74, 6) is -7.39. The molecular formula is C19H16F5N9O3. The van der Waals surface area contributed by atoms with Gasteiger partial charge in [-0.05, 0) is 19.1 Å². The number of fused-ring (bicyclic) bond motifs is 2. The van der Waals surface area contributed by atoms with Crippen molar-refractivity contribution >= 4 is 40.9 Å². The lowest BCUT2D eigenvalue weighted by atomic mass is 9.83. The molecule has 190 valence electrons. The quantitative estimate of drug-likeness (QED) is 0.157. The Balaban J connectivity index is 1.76. The number of hydrogen-bond acceptors (Lipinski definition) is 8. The van der Waals surface area contributed by atoms with Crippen LogP contribution in [-0.2, 0) is 26.3 Å². The second kappa shape index (κ2) is 8.35. The lowest BCUT2D eigenvalue weighted by molar-refractivity contribution is -0.285. The van der Waals surface area contributed by atoms with Gasteiger partial charge in [0.25, 0.3) is 5.91 Å². The van der Waals surface area contributed by atoms with Crippen LogP contribution < -0.4 is 21.9 Å². The van der Waals surface area contributed by atoms with Gasteiger partial charge in [-0.3, -0.25) is 25.2 Å². The lowest BCUT2D eigenvalue weighted by Crippen LogP contribution is -2.51.